The van der Waals surface area contributed by atoms with Gasteiger partial charge >= 0.3 is 0 Å². The Morgan fingerprint density at radius 2 is 2.12 bits per heavy atom. The van der Waals surface area contributed by atoms with E-state index in [2.05, 4.69) is 9.97 Å². The third-order valence-electron chi connectivity index (χ3n) is 2.84. The number of aromatic nitrogens is 2. The summed E-state index contributed by atoms with van der Waals surface area (Å²) in [7, 11) is -3.55. The summed E-state index contributed by atoms with van der Waals surface area (Å²) in [5, 5.41) is 0.0362. The molecule has 1 aromatic rings. The third kappa shape index (κ3) is 2.46. The molecule has 0 aromatic carbocycles. The van der Waals surface area contributed by atoms with Crippen molar-refractivity contribution in [3.05, 3.63) is 18.1 Å². The molecule has 0 aliphatic carbocycles. The zero-order valence-corrected chi connectivity index (χ0v) is 10.5. The van der Waals surface area contributed by atoms with E-state index in [0.29, 0.717) is 18.8 Å². The fourth-order valence-electron chi connectivity index (χ4n) is 1.96. The number of nitrogens with zero attached hydrogens (tertiary/aromatic N) is 3. The van der Waals surface area contributed by atoms with Crippen LogP contribution in [0.2, 0.25) is 0 Å². The molecule has 0 bridgehead atoms. The quantitative estimate of drug-likeness (QED) is 0.798. The van der Waals surface area contributed by atoms with E-state index in [1.54, 1.807) is 6.92 Å². The maximum absolute atomic E-state index is 12.3. The zero-order chi connectivity index (χ0) is 12.5. The van der Waals surface area contributed by atoms with Gasteiger partial charge in [0.25, 0.3) is 10.0 Å². The second kappa shape index (κ2) is 4.67. The minimum absolute atomic E-state index is 0.0362. The molecule has 94 valence electrons. The summed E-state index contributed by atoms with van der Waals surface area (Å²) < 4.78 is 26.0. The minimum atomic E-state index is -3.55. The number of sulfonamides is 1. The fraction of sp³-hybridized carbons (Fsp3) is 0.600. The summed E-state index contributed by atoms with van der Waals surface area (Å²) >= 11 is 0. The van der Waals surface area contributed by atoms with Gasteiger partial charge in [-0.1, -0.05) is 0 Å². The van der Waals surface area contributed by atoms with E-state index in [-0.39, 0.29) is 11.1 Å². The first-order valence-electron chi connectivity index (χ1n) is 5.55. The molecule has 1 aliphatic heterocycles. The Bertz CT molecular complexity index is 503. The van der Waals surface area contributed by atoms with Gasteiger partial charge in [-0.05, 0) is 19.8 Å². The Morgan fingerprint density at radius 1 is 1.41 bits per heavy atom. The Morgan fingerprint density at radius 3 is 2.76 bits per heavy atom. The van der Waals surface area contributed by atoms with E-state index >= 15 is 0 Å². The molecule has 1 atom stereocenters. The summed E-state index contributed by atoms with van der Waals surface area (Å²) in [6.45, 7) is 2.51. The van der Waals surface area contributed by atoms with Gasteiger partial charge in [0.2, 0.25) is 0 Å². The summed E-state index contributed by atoms with van der Waals surface area (Å²) in [5.74, 6) is 0. The van der Waals surface area contributed by atoms with Gasteiger partial charge in [-0.25, -0.2) is 13.4 Å². The van der Waals surface area contributed by atoms with E-state index < -0.39 is 10.0 Å². The summed E-state index contributed by atoms with van der Waals surface area (Å²) in [4.78, 5) is 7.88. The van der Waals surface area contributed by atoms with Gasteiger partial charge in [-0.3, -0.25) is 4.98 Å². The highest BCUT2D eigenvalue weighted by molar-refractivity contribution is 7.89. The Labute approximate surface area is 101 Å². The maximum atomic E-state index is 12.3. The van der Waals surface area contributed by atoms with Gasteiger partial charge in [-0.15, -0.1) is 0 Å². The molecule has 0 saturated carbocycles. The second-order valence-electron chi connectivity index (χ2n) is 4.21. The lowest BCUT2D eigenvalue weighted by atomic mass is 10.1. The molecule has 6 nitrogen and oxygen atoms in total. The van der Waals surface area contributed by atoms with Crippen molar-refractivity contribution < 1.29 is 8.42 Å². The molecule has 2 rings (SSSR count). The molecule has 2 heterocycles. The van der Waals surface area contributed by atoms with Gasteiger partial charge in [0.1, 0.15) is 0 Å². The third-order valence-corrected chi connectivity index (χ3v) is 4.74. The maximum Gasteiger partial charge on any atom is 0.262 e. The van der Waals surface area contributed by atoms with Gasteiger partial charge in [-0.2, -0.15) is 4.31 Å². The average Bonchev–Trinajstić information content (AvgIpc) is 2.29. The molecule has 2 N–H and O–H groups in total. The van der Waals surface area contributed by atoms with Crippen molar-refractivity contribution in [3.8, 4) is 0 Å². The first-order chi connectivity index (χ1) is 8.01. The van der Waals surface area contributed by atoms with Crippen LogP contribution in [0.1, 0.15) is 18.5 Å². The van der Waals surface area contributed by atoms with E-state index in [1.165, 1.54) is 16.7 Å². The molecule has 0 unspecified atom stereocenters. The SMILES string of the molecule is Cc1nccnc1S(=O)(=O)N1CCC[C@H](N)C1. The Kier molecular flexibility index (Phi) is 3.41. The van der Waals surface area contributed by atoms with Crippen LogP contribution in [0.5, 0.6) is 0 Å². The molecule has 0 radical (unpaired) electrons. The number of piperidine rings is 1. The van der Waals surface area contributed by atoms with Crippen LogP contribution in [0.25, 0.3) is 0 Å². The summed E-state index contributed by atoms with van der Waals surface area (Å²) in [5.41, 5.74) is 6.22. The van der Waals surface area contributed by atoms with Crippen LogP contribution >= 0.6 is 0 Å². The monoisotopic (exact) mass is 256 g/mol. The number of aryl methyl sites for hydroxylation is 1. The molecule has 17 heavy (non-hydrogen) atoms. The molecule has 0 amide bonds. The van der Waals surface area contributed by atoms with Crippen LogP contribution < -0.4 is 5.73 Å². The number of rotatable bonds is 2. The van der Waals surface area contributed by atoms with Crippen LogP contribution in [-0.4, -0.2) is 41.8 Å². The lowest BCUT2D eigenvalue weighted by molar-refractivity contribution is 0.315. The lowest BCUT2D eigenvalue weighted by Gasteiger charge is -2.29. The lowest BCUT2D eigenvalue weighted by Crippen LogP contribution is -2.46. The molecular formula is C10H16N4O2S. The van der Waals surface area contributed by atoms with Crippen LogP contribution in [0, 0.1) is 6.92 Å². The number of hydrogen-bond donors (Lipinski definition) is 1. The first-order valence-corrected chi connectivity index (χ1v) is 6.99. The van der Waals surface area contributed by atoms with Crippen molar-refractivity contribution in [3.63, 3.8) is 0 Å². The minimum Gasteiger partial charge on any atom is -0.327 e. The van der Waals surface area contributed by atoms with E-state index in [4.69, 9.17) is 5.73 Å². The van der Waals surface area contributed by atoms with Crippen molar-refractivity contribution in [1.82, 2.24) is 14.3 Å². The summed E-state index contributed by atoms with van der Waals surface area (Å²) in [6.07, 6.45) is 4.53. The largest absolute Gasteiger partial charge is 0.327 e. The summed E-state index contributed by atoms with van der Waals surface area (Å²) in [6, 6.07) is -0.0875. The Balaban J connectivity index is 2.33. The fourth-order valence-corrected chi connectivity index (χ4v) is 3.58. The molecule has 0 spiro atoms. The second-order valence-corrected chi connectivity index (χ2v) is 6.07. The predicted molar refractivity (Wildman–Crippen MR) is 62.7 cm³/mol. The molecule has 1 saturated heterocycles. The highest BCUT2D eigenvalue weighted by atomic mass is 32.2. The molecule has 1 aromatic heterocycles. The van der Waals surface area contributed by atoms with Crippen molar-refractivity contribution in [2.75, 3.05) is 13.1 Å². The van der Waals surface area contributed by atoms with Gasteiger partial charge in [0.15, 0.2) is 5.03 Å². The van der Waals surface area contributed by atoms with Gasteiger partial charge in [0.05, 0.1) is 5.69 Å². The van der Waals surface area contributed by atoms with E-state index in [0.717, 1.165) is 12.8 Å². The molecule has 1 fully saturated rings. The highest BCUT2D eigenvalue weighted by Gasteiger charge is 2.31. The zero-order valence-electron chi connectivity index (χ0n) is 9.70. The highest BCUT2D eigenvalue weighted by Crippen LogP contribution is 2.19. The average molecular weight is 256 g/mol. The van der Waals surface area contributed by atoms with Crippen LogP contribution in [0.3, 0.4) is 0 Å². The first kappa shape index (κ1) is 12.4. The normalized spacial score (nSPS) is 22.6. The molecule has 7 heteroatoms. The Hall–Kier alpha value is -1.05. The smallest absolute Gasteiger partial charge is 0.262 e. The van der Waals surface area contributed by atoms with Crippen molar-refractivity contribution in [1.29, 1.82) is 0 Å². The predicted octanol–water partition coefficient (Wildman–Crippen LogP) is -0.103. The standard InChI is InChI=1S/C10H16N4O2S/c1-8-10(13-5-4-12-8)17(15,16)14-6-2-3-9(11)7-14/h4-5,9H,2-3,6-7,11H2,1H3/t9-/m0/s1. The molecular weight excluding hydrogens is 240 g/mol. The van der Waals surface area contributed by atoms with Gasteiger partial charge in [0, 0.05) is 31.5 Å². The topological polar surface area (TPSA) is 89.2 Å². The van der Waals surface area contributed by atoms with Crippen LogP contribution in [-0.2, 0) is 10.0 Å². The van der Waals surface area contributed by atoms with Gasteiger partial charge < -0.3 is 5.73 Å². The van der Waals surface area contributed by atoms with Crippen LogP contribution in [0.15, 0.2) is 17.4 Å². The van der Waals surface area contributed by atoms with E-state index in [9.17, 15) is 8.42 Å². The van der Waals surface area contributed by atoms with Crippen LogP contribution in [0.4, 0.5) is 0 Å². The molecule has 1 aliphatic rings. The van der Waals surface area contributed by atoms with Crippen molar-refractivity contribution in [2.24, 2.45) is 5.73 Å². The van der Waals surface area contributed by atoms with Crippen molar-refractivity contribution >= 4 is 10.0 Å². The number of nitrogens with two attached hydrogens (primary N) is 1. The van der Waals surface area contributed by atoms with Crippen molar-refractivity contribution in [2.45, 2.75) is 30.8 Å². The van der Waals surface area contributed by atoms with E-state index in [1.807, 2.05) is 0 Å². The number of hydrogen-bond acceptors (Lipinski definition) is 5.